The van der Waals surface area contributed by atoms with Gasteiger partial charge in [0.2, 0.25) is 11.8 Å². The summed E-state index contributed by atoms with van der Waals surface area (Å²) >= 11 is 6.30. The van der Waals surface area contributed by atoms with E-state index in [1.807, 2.05) is 75.4 Å². The van der Waals surface area contributed by atoms with Gasteiger partial charge in [-0.15, -0.1) is 0 Å². The van der Waals surface area contributed by atoms with Crippen LogP contribution in [0.1, 0.15) is 42.0 Å². The fourth-order valence-corrected chi connectivity index (χ4v) is 6.66. The minimum absolute atomic E-state index is 0.0456. The smallest absolute Gasteiger partial charge is 0.264 e. The van der Waals surface area contributed by atoms with Gasteiger partial charge in [0, 0.05) is 24.5 Å². The number of sulfonamides is 1. The number of hydrogen-bond acceptors (Lipinski definition) is 4. The number of rotatable bonds is 14. The van der Waals surface area contributed by atoms with E-state index in [0.717, 1.165) is 39.4 Å². The number of unbranched alkanes of at least 4 members (excludes halogenated alkanes) is 1. The Kier molecular flexibility index (Phi) is 11.8. The van der Waals surface area contributed by atoms with Crippen molar-refractivity contribution in [2.24, 2.45) is 0 Å². The first-order valence-corrected chi connectivity index (χ1v) is 16.9. The normalized spacial score (nSPS) is 11.9. The molecule has 1 atom stereocenters. The van der Waals surface area contributed by atoms with Crippen LogP contribution in [-0.2, 0) is 32.6 Å². The Bertz CT molecular complexity index is 1700. The lowest BCUT2D eigenvalue weighted by molar-refractivity contribution is -0.140. The van der Waals surface area contributed by atoms with Crippen LogP contribution in [0.2, 0.25) is 5.02 Å². The van der Waals surface area contributed by atoms with Gasteiger partial charge < -0.3 is 10.2 Å². The summed E-state index contributed by atoms with van der Waals surface area (Å²) in [5.41, 5.74) is 3.88. The maximum Gasteiger partial charge on any atom is 0.264 e. The van der Waals surface area contributed by atoms with Crippen molar-refractivity contribution >= 4 is 39.1 Å². The third kappa shape index (κ3) is 9.19. The summed E-state index contributed by atoms with van der Waals surface area (Å²) in [7, 11) is -4.19. The molecule has 0 bridgehead atoms. The number of carbonyl (C=O) groups is 2. The number of halogens is 1. The lowest BCUT2D eigenvalue weighted by Crippen LogP contribution is -2.53. The SMILES string of the molecule is CCCCNC(=O)C(Cc1ccccc1)N(Cc1cccc(C)c1)C(=O)CN(c1cccc(Cl)c1)S(=O)(=O)c1ccc(C)cc1. The molecule has 0 spiro atoms. The van der Waals surface area contributed by atoms with E-state index < -0.39 is 28.5 Å². The van der Waals surface area contributed by atoms with Crippen LogP contribution >= 0.6 is 11.6 Å². The molecule has 0 aliphatic heterocycles. The van der Waals surface area contributed by atoms with E-state index in [2.05, 4.69) is 5.32 Å². The van der Waals surface area contributed by atoms with E-state index in [0.29, 0.717) is 11.6 Å². The van der Waals surface area contributed by atoms with Gasteiger partial charge in [-0.1, -0.05) is 109 Å². The highest BCUT2D eigenvalue weighted by Gasteiger charge is 2.34. The average molecular weight is 646 g/mol. The number of aryl methyl sites for hydroxylation is 2. The molecule has 236 valence electrons. The van der Waals surface area contributed by atoms with Crippen LogP contribution < -0.4 is 9.62 Å². The Hall–Kier alpha value is -4.14. The Balaban J connectivity index is 1.79. The van der Waals surface area contributed by atoms with Gasteiger partial charge in [0.25, 0.3) is 10.0 Å². The van der Waals surface area contributed by atoms with Crippen molar-refractivity contribution in [2.75, 3.05) is 17.4 Å². The molecule has 0 fully saturated rings. The van der Waals surface area contributed by atoms with Crippen molar-refractivity contribution < 1.29 is 18.0 Å². The Morgan fingerprint density at radius 1 is 0.822 bits per heavy atom. The lowest BCUT2D eigenvalue weighted by Gasteiger charge is -2.34. The first-order valence-electron chi connectivity index (χ1n) is 15.1. The van der Waals surface area contributed by atoms with Crippen molar-refractivity contribution in [3.8, 4) is 0 Å². The van der Waals surface area contributed by atoms with Crippen LogP contribution in [-0.4, -0.2) is 44.3 Å². The fourth-order valence-electron chi connectivity index (χ4n) is 5.06. The van der Waals surface area contributed by atoms with E-state index in [1.165, 1.54) is 23.1 Å². The second-order valence-electron chi connectivity index (χ2n) is 11.2. The number of benzene rings is 4. The molecule has 9 heteroatoms. The van der Waals surface area contributed by atoms with E-state index in [-0.39, 0.29) is 29.5 Å². The van der Waals surface area contributed by atoms with Crippen molar-refractivity contribution in [3.63, 3.8) is 0 Å². The zero-order valence-corrected chi connectivity index (χ0v) is 27.5. The summed E-state index contributed by atoms with van der Waals surface area (Å²) in [5, 5.41) is 3.34. The van der Waals surface area contributed by atoms with Gasteiger partial charge in [0.1, 0.15) is 12.6 Å². The summed E-state index contributed by atoms with van der Waals surface area (Å²) in [6.07, 6.45) is 1.96. The monoisotopic (exact) mass is 645 g/mol. The molecule has 0 heterocycles. The van der Waals surface area contributed by atoms with Crippen molar-refractivity contribution in [1.82, 2.24) is 10.2 Å². The van der Waals surface area contributed by atoms with Gasteiger partial charge in [-0.05, 0) is 61.7 Å². The molecule has 0 aromatic heterocycles. The van der Waals surface area contributed by atoms with Crippen LogP contribution in [0.15, 0.2) is 108 Å². The van der Waals surface area contributed by atoms with Crippen LogP contribution in [0, 0.1) is 13.8 Å². The number of hydrogen-bond donors (Lipinski definition) is 1. The summed E-state index contributed by atoms with van der Waals surface area (Å²) in [4.78, 5) is 29.9. The second kappa shape index (κ2) is 15.7. The number of amides is 2. The minimum atomic E-state index is -4.19. The van der Waals surface area contributed by atoms with Crippen molar-refractivity contribution in [2.45, 2.75) is 57.5 Å². The second-order valence-corrected chi connectivity index (χ2v) is 13.5. The number of nitrogens with zero attached hydrogens (tertiary/aromatic N) is 2. The molecule has 0 aliphatic carbocycles. The topological polar surface area (TPSA) is 86.8 Å². The van der Waals surface area contributed by atoms with Crippen LogP contribution in [0.3, 0.4) is 0 Å². The summed E-state index contributed by atoms with van der Waals surface area (Å²) < 4.78 is 29.3. The van der Waals surface area contributed by atoms with Gasteiger partial charge in [-0.25, -0.2) is 8.42 Å². The third-order valence-corrected chi connectivity index (χ3v) is 9.54. The highest BCUT2D eigenvalue weighted by atomic mass is 35.5. The molecule has 0 radical (unpaired) electrons. The molecule has 1 N–H and O–H groups in total. The van der Waals surface area contributed by atoms with E-state index in [1.54, 1.807) is 30.3 Å². The molecule has 4 aromatic carbocycles. The first-order chi connectivity index (χ1) is 21.6. The van der Waals surface area contributed by atoms with Crippen molar-refractivity contribution in [3.05, 3.63) is 130 Å². The van der Waals surface area contributed by atoms with Gasteiger partial charge in [0.15, 0.2) is 0 Å². The van der Waals surface area contributed by atoms with Gasteiger partial charge in [-0.3, -0.25) is 13.9 Å². The van der Waals surface area contributed by atoms with E-state index in [4.69, 9.17) is 11.6 Å². The van der Waals surface area contributed by atoms with E-state index in [9.17, 15) is 18.0 Å². The maximum absolute atomic E-state index is 14.5. The molecule has 45 heavy (non-hydrogen) atoms. The van der Waals surface area contributed by atoms with Crippen LogP contribution in [0.25, 0.3) is 0 Å². The van der Waals surface area contributed by atoms with Crippen LogP contribution in [0.5, 0.6) is 0 Å². The van der Waals surface area contributed by atoms with E-state index >= 15 is 0 Å². The minimum Gasteiger partial charge on any atom is -0.354 e. The number of nitrogens with one attached hydrogen (secondary N) is 1. The molecular formula is C36H40ClN3O4S. The fraction of sp³-hybridized carbons (Fsp3) is 0.278. The van der Waals surface area contributed by atoms with Gasteiger partial charge in [0.05, 0.1) is 10.6 Å². The molecule has 0 saturated carbocycles. The summed E-state index contributed by atoms with van der Waals surface area (Å²) in [5.74, 6) is -0.803. The molecule has 4 aromatic rings. The van der Waals surface area contributed by atoms with Gasteiger partial charge >= 0.3 is 0 Å². The maximum atomic E-state index is 14.5. The highest BCUT2D eigenvalue weighted by Crippen LogP contribution is 2.27. The quantitative estimate of drug-likeness (QED) is 0.155. The predicted molar refractivity (Wildman–Crippen MR) is 181 cm³/mol. The van der Waals surface area contributed by atoms with Gasteiger partial charge in [-0.2, -0.15) is 0 Å². The highest BCUT2D eigenvalue weighted by molar-refractivity contribution is 7.92. The Morgan fingerprint density at radius 2 is 1.51 bits per heavy atom. The molecule has 0 aliphatic rings. The summed E-state index contributed by atoms with van der Waals surface area (Å²) in [6, 6.07) is 29.2. The predicted octanol–water partition coefficient (Wildman–Crippen LogP) is 6.71. The molecular weight excluding hydrogens is 606 g/mol. The average Bonchev–Trinajstić information content (AvgIpc) is 3.02. The molecule has 2 amide bonds. The Labute approximate surface area is 271 Å². The first kappa shape index (κ1) is 33.7. The molecule has 0 saturated heterocycles. The number of anilines is 1. The zero-order valence-electron chi connectivity index (χ0n) is 25.9. The molecule has 7 nitrogen and oxygen atoms in total. The Morgan fingerprint density at radius 3 is 2.18 bits per heavy atom. The third-order valence-electron chi connectivity index (χ3n) is 7.52. The standard InChI is InChI=1S/C36H40ClN3O4S/c1-4-5-21-38-36(42)34(23-29-12-7-6-8-13-29)39(25-30-14-9-11-28(3)22-30)35(41)26-40(32-16-10-15-31(37)24-32)45(43,44)33-19-17-27(2)18-20-33/h6-20,22,24,34H,4-5,21,23,25-26H2,1-3H3,(H,38,42). The molecule has 1 unspecified atom stereocenters. The lowest BCUT2D eigenvalue weighted by atomic mass is 10.0. The van der Waals surface area contributed by atoms with Crippen LogP contribution in [0.4, 0.5) is 5.69 Å². The molecule has 4 rings (SSSR count). The summed E-state index contributed by atoms with van der Waals surface area (Å²) in [6.45, 7) is 5.94. The largest absolute Gasteiger partial charge is 0.354 e. The number of carbonyl (C=O) groups excluding carboxylic acids is 2. The zero-order chi connectivity index (χ0) is 32.4. The van der Waals surface area contributed by atoms with Crippen molar-refractivity contribution in [1.29, 1.82) is 0 Å².